The molecule has 0 saturated heterocycles. The van der Waals surface area contributed by atoms with Crippen molar-refractivity contribution in [3.05, 3.63) is 0 Å². The molecule has 44 heavy (non-hydrogen) atoms. The number of Topliss-reactive ketones (excluding diaryl/α,β-unsaturated/α-hetero) is 1. The molecular weight excluding hydrogens is 568 g/mol. The number of unbranched alkanes of at least 4 members (excludes halogenated alkanes) is 3. The van der Waals surface area contributed by atoms with Crippen LogP contribution in [0.5, 0.6) is 0 Å². The van der Waals surface area contributed by atoms with E-state index in [0.29, 0.717) is 32.2 Å². The molecule has 0 spiro atoms. The minimum Gasteiger partial charge on any atom is -0.467 e. The molecule has 0 aliphatic rings. The molecule has 5 N–H and O–H groups in total. The SMILES string of the molecule is CCCCC[C@H](N)C(=O)N[C@H](C(=O)C[C@@H](CC)C(=O)N[C@@H](CCCCNC(=O)OC(C)(C)C)C(=O)OC)[C@@H](C)OC(C)(C)C. The van der Waals surface area contributed by atoms with Gasteiger partial charge in [0.2, 0.25) is 11.8 Å². The molecular formula is C32H60N4O8. The number of rotatable bonds is 20. The standard InChI is InChI=1S/C32H60N4O8/c1-11-13-14-17-23(33)28(39)36-26(21(3)43-31(4,5)6)25(37)20-22(12-2)27(38)35-24(29(40)42-10)18-15-16-19-34-30(41)44-32(7,8)9/h21-24,26H,11-20,33H2,1-10H3,(H,34,41)(H,35,38)(H,36,39)/t21-,22-,23+,24+,26+/m1/s1. The molecule has 0 aromatic rings. The predicted octanol–water partition coefficient (Wildman–Crippen LogP) is 3.92. The minimum absolute atomic E-state index is 0.163. The molecule has 12 heteroatoms. The highest BCUT2D eigenvalue weighted by Gasteiger charge is 2.34. The fourth-order valence-corrected chi connectivity index (χ4v) is 4.54. The fraction of sp³-hybridized carbons (Fsp3) is 0.844. The molecule has 0 saturated carbocycles. The zero-order valence-corrected chi connectivity index (χ0v) is 28.8. The van der Waals surface area contributed by atoms with Crippen molar-refractivity contribution in [2.24, 2.45) is 11.7 Å². The Morgan fingerprint density at radius 3 is 1.95 bits per heavy atom. The Kier molecular flexibility index (Phi) is 19.1. The van der Waals surface area contributed by atoms with Crippen LogP contribution < -0.4 is 21.7 Å². The van der Waals surface area contributed by atoms with Gasteiger partial charge in [0.25, 0.3) is 0 Å². The summed E-state index contributed by atoms with van der Waals surface area (Å²) >= 11 is 0. The maximum atomic E-state index is 13.6. The highest BCUT2D eigenvalue weighted by Crippen LogP contribution is 2.19. The lowest BCUT2D eigenvalue weighted by atomic mass is 9.92. The Labute approximate surface area is 264 Å². The van der Waals surface area contributed by atoms with E-state index >= 15 is 0 Å². The van der Waals surface area contributed by atoms with Crippen LogP contribution in [0.3, 0.4) is 0 Å². The summed E-state index contributed by atoms with van der Waals surface area (Å²) in [6.45, 7) is 16.8. The summed E-state index contributed by atoms with van der Waals surface area (Å²) in [5.74, 6) is -2.61. The van der Waals surface area contributed by atoms with Crippen LogP contribution in [0.1, 0.15) is 120 Å². The second-order valence-corrected chi connectivity index (χ2v) is 13.3. The van der Waals surface area contributed by atoms with Gasteiger partial charge in [-0.2, -0.15) is 0 Å². The summed E-state index contributed by atoms with van der Waals surface area (Å²) in [5.41, 5.74) is 4.92. The predicted molar refractivity (Wildman–Crippen MR) is 170 cm³/mol. The van der Waals surface area contributed by atoms with Gasteiger partial charge >= 0.3 is 12.1 Å². The first-order chi connectivity index (χ1) is 20.3. The molecule has 0 unspecified atom stereocenters. The van der Waals surface area contributed by atoms with Crippen LogP contribution in [0, 0.1) is 5.92 Å². The van der Waals surface area contributed by atoms with Crippen molar-refractivity contribution in [3.8, 4) is 0 Å². The summed E-state index contributed by atoms with van der Waals surface area (Å²) in [6, 6.07) is -2.68. The number of ketones is 1. The third-order valence-corrected chi connectivity index (χ3v) is 6.81. The van der Waals surface area contributed by atoms with Gasteiger partial charge in [0.05, 0.1) is 24.9 Å². The molecule has 0 heterocycles. The number of nitrogens with one attached hydrogen (secondary N) is 3. The number of hydrogen-bond donors (Lipinski definition) is 4. The van der Waals surface area contributed by atoms with Gasteiger partial charge in [0, 0.05) is 18.9 Å². The van der Waals surface area contributed by atoms with Gasteiger partial charge in [-0.05, 0) is 80.6 Å². The van der Waals surface area contributed by atoms with Crippen LogP contribution in [-0.4, -0.2) is 78.7 Å². The molecule has 5 atom stereocenters. The molecule has 256 valence electrons. The van der Waals surface area contributed by atoms with Gasteiger partial charge in [-0.1, -0.05) is 33.1 Å². The first-order valence-corrected chi connectivity index (χ1v) is 16.0. The maximum Gasteiger partial charge on any atom is 0.407 e. The van der Waals surface area contributed by atoms with E-state index in [9.17, 15) is 24.0 Å². The summed E-state index contributed by atoms with van der Waals surface area (Å²) in [5, 5.41) is 8.17. The van der Waals surface area contributed by atoms with Crippen molar-refractivity contribution in [1.82, 2.24) is 16.0 Å². The number of carbonyl (C=O) groups is 5. The molecule has 0 bridgehead atoms. The third kappa shape index (κ3) is 18.2. The molecule has 12 nitrogen and oxygen atoms in total. The Morgan fingerprint density at radius 2 is 1.43 bits per heavy atom. The summed E-state index contributed by atoms with van der Waals surface area (Å²) < 4.78 is 16.1. The Bertz CT molecular complexity index is 913. The van der Waals surface area contributed by atoms with Crippen molar-refractivity contribution in [1.29, 1.82) is 0 Å². The highest BCUT2D eigenvalue weighted by atomic mass is 16.6. The number of nitrogens with two attached hydrogens (primary N) is 1. The lowest BCUT2D eigenvalue weighted by molar-refractivity contribution is -0.146. The second-order valence-electron chi connectivity index (χ2n) is 13.3. The average Bonchev–Trinajstić information content (AvgIpc) is 2.90. The van der Waals surface area contributed by atoms with Gasteiger partial charge < -0.3 is 35.9 Å². The fourth-order valence-electron chi connectivity index (χ4n) is 4.54. The number of hydrogen-bond acceptors (Lipinski definition) is 9. The first-order valence-electron chi connectivity index (χ1n) is 16.0. The van der Waals surface area contributed by atoms with Gasteiger partial charge in [0.1, 0.15) is 17.7 Å². The summed E-state index contributed by atoms with van der Waals surface area (Å²) in [6.07, 6.45) is 3.56. The van der Waals surface area contributed by atoms with E-state index in [2.05, 4.69) is 22.9 Å². The number of alkyl carbamates (subject to hydrolysis) is 1. The van der Waals surface area contributed by atoms with Crippen molar-refractivity contribution in [2.75, 3.05) is 13.7 Å². The molecule has 0 aromatic carbocycles. The summed E-state index contributed by atoms with van der Waals surface area (Å²) in [7, 11) is 1.24. The largest absolute Gasteiger partial charge is 0.467 e. The molecule has 0 aliphatic heterocycles. The van der Waals surface area contributed by atoms with Crippen LogP contribution in [0.4, 0.5) is 4.79 Å². The number of amides is 3. The zero-order valence-electron chi connectivity index (χ0n) is 28.8. The van der Waals surface area contributed by atoms with Gasteiger partial charge in [-0.25, -0.2) is 9.59 Å². The molecule has 0 aromatic heterocycles. The topological polar surface area (TPSA) is 175 Å². The van der Waals surface area contributed by atoms with Crippen LogP contribution in [0.25, 0.3) is 0 Å². The molecule has 0 rings (SSSR count). The summed E-state index contributed by atoms with van der Waals surface area (Å²) in [4.78, 5) is 64.0. The highest BCUT2D eigenvalue weighted by molar-refractivity contribution is 5.94. The van der Waals surface area contributed by atoms with Crippen LogP contribution >= 0.6 is 0 Å². The van der Waals surface area contributed by atoms with E-state index in [0.717, 1.165) is 19.3 Å². The zero-order chi connectivity index (χ0) is 34.1. The van der Waals surface area contributed by atoms with Crippen LogP contribution in [0.2, 0.25) is 0 Å². The molecule has 0 fully saturated rings. The van der Waals surface area contributed by atoms with Gasteiger partial charge in [0.15, 0.2) is 5.78 Å². The number of carbonyl (C=O) groups excluding carboxylic acids is 5. The van der Waals surface area contributed by atoms with Crippen molar-refractivity contribution < 1.29 is 38.2 Å². The van der Waals surface area contributed by atoms with E-state index < -0.39 is 65.2 Å². The third-order valence-electron chi connectivity index (χ3n) is 6.81. The van der Waals surface area contributed by atoms with Gasteiger partial charge in [-0.15, -0.1) is 0 Å². The Hall–Kier alpha value is -2.73. The van der Waals surface area contributed by atoms with Crippen molar-refractivity contribution in [2.45, 2.75) is 156 Å². The van der Waals surface area contributed by atoms with E-state index in [1.54, 1.807) is 34.6 Å². The average molecular weight is 629 g/mol. The quantitative estimate of drug-likeness (QED) is 0.115. The minimum atomic E-state index is -1.00. The van der Waals surface area contributed by atoms with E-state index in [1.165, 1.54) is 7.11 Å². The lowest BCUT2D eigenvalue weighted by Gasteiger charge is -2.32. The monoisotopic (exact) mass is 628 g/mol. The number of esters is 1. The van der Waals surface area contributed by atoms with E-state index in [1.807, 2.05) is 20.8 Å². The van der Waals surface area contributed by atoms with Crippen molar-refractivity contribution in [3.63, 3.8) is 0 Å². The molecule has 0 radical (unpaired) electrons. The Morgan fingerprint density at radius 1 is 0.818 bits per heavy atom. The van der Waals surface area contributed by atoms with Gasteiger partial charge in [-0.3, -0.25) is 14.4 Å². The van der Waals surface area contributed by atoms with E-state index in [4.69, 9.17) is 19.9 Å². The lowest BCUT2D eigenvalue weighted by Crippen LogP contribution is -2.55. The van der Waals surface area contributed by atoms with Crippen LogP contribution in [-0.2, 0) is 33.4 Å². The van der Waals surface area contributed by atoms with Crippen LogP contribution in [0.15, 0.2) is 0 Å². The Balaban J connectivity index is 5.41. The molecule has 0 aliphatic carbocycles. The molecule has 3 amide bonds. The normalized spacial score (nSPS) is 15.2. The number of ether oxygens (including phenoxy) is 3. The smallest absolute Gasteiger partial charge is 0.407 e. The maximum absolute atomic E-state index is 13.6. The first kappa shape index (κ1) is 41.3. The second kappa shape index (κ2) is 20.3. The number of methoxy groups -OCH3 is 1. The van der Waals surface area contributed by atoms with Crippen molar-refractivity contribution >= 4 is 29.7 Å². The van der Waals surface area contributed by atoms with E-state index in [-0.39, 0.29) is 18.6 Å².